The van der Waals surface area contributed by atoms with Crippen LogP contribution < -0.4 is 5.32 Å². The van der Waals surface area contributed by atoms with Crippen molar-refractivity contribution in [2.45, 2.75) is 30.9 Å². The molecule has 1 atom stereocenters. The third-order valence-electron chi connectivity index (χ3n) is 5.24. The van der Waals surface area contributed by atoms with E-state index in [9.17, 15) is 13.2 Å². The fourth-order valence-electron chi connectivity index (χ4n) is 3.47. The van der Waals surface area contributed by atoms with Crippen LogP contribution in [0.1, 0.15) is 24.3 Å². The van der Waals surface area contributed by atoms with Crippen molar-refractivity contribution < 1.29 is 17.7 Å². The van der Waals surface area contributed by atoms with Gasteiger partial charge in [0.15, 0.2) is 0 Å². The van der Waals surface area contributed by atoms with Gasteiger partial charge >= 0.3 is 0 Å². The number of nitrogens with one attached hydrogen (secondary N) is 1. The van der Waals surface area contributed by atoms with Crippen molar-refractivity contribution in [2.75, 3.05) is 18.4 Å². The van der Waals surface area contributed by atoms with Crippen LogP contribution in [0, 0.1) is 19.8 Å². The van der Waals surface area contributed by atoms with E-state index in [-0.39, 0.29) is 16.7 Å². The van der Waals surface area contributed by atoms with Crippen molar-refractivity contribution in [3.05, 3.63) is 46.1 Å². The van der Waals surface area contributed by atoms with Gasteiger partial charge in [0.05, 0.1) is 5.92 Å². The lowest BCUT2D eigenvalue weighted by atomic mass is 9.98. The number of carbonyl (C=O) groups is 1. The lowest BCUT2D eigenvalue weighted by Crippen LogP contribution is -2.43. The van der Waals surface area contributed by atoms with Crippen LogP contribution >= 0.6 is 22.9 Å². The molecule has 0 saturated carbocycles. The second-order valence-electron chi connectivity index (χ2n) is 7.40. The Bertz CT molecular complexity index is 1220. The van der Waals surface area contributed by atoms with Gasteiger partial charge in [-0.15, -0.1) is 11.3 Å². The monoisotopic (exact) mass is 480 g/mol. The lowest BCUT2D eigenvalue weighted by Gasteiger charge is -2.31. The molecule has 1 aliphatic rings. The molecule has 3 aromatic rings. The van der Waals surface area contributed by atoms with E-state index < -0.39 is 15.9 Å². The number of thiophene rings is 1. The SMILES string of the molecule is Cc1nc(-c2csc(S(=O)(=O)N3CCC[C@H](C(=O)Nc4cccc(Cl)c4C)C3)c2)no1. The largest absolute Gasteiger partial charge is 0.339 e. The maximum absolute atomic E-state index is 13.2. The Morgan fingerprint density at radius 2 is 2.16 bits per heavy atom. The Morgan fingerprint density at radius 1 is 1.35 bits per heavy atom. The van der Waals surface area contributed by atoms with E-state index in [0.29, 0.717) is 47.4 Å². The van der Waals surface area contributed by atoms with Crippen LogP contribution in [0.5, 0.6) is 0 Å². The van der Waals surface area contributed by atoms with Gasteiger partial charge in [0.1, 0.15) is 4.21 Å². The second-order valence-corrected chi connectivity index (χ2v) is 10.9. The van der Waals surface area contributed by atoms with Crippen molar-refractivity contribution in [3.63, 3.8) is 0 Å². The molecule has 0 bridgehead atoms. The number of aromatic nitrogens is 2. The number of halogens is 1. The molecule has 164 valence electrons. The van der Waals surface area contributed by atoms with Crippen LogP contribution in [0.25, 0.3) is 11.4 Å². The number of sulfonamides is 1. The zero-order valence-corrected chi connectivity index (χ0v) is 19.4. The summed E-state index contributed by atoms with van der Waals surface area (Å²) in [5, 5.41) is 8.98. The van der Waals surface area contributed by atoms with Crippen molar-refractivity contribution >= 4 is 44.6 Å². The van der Waals surface area contributed by atoms with Gasteiger partial charge in [0.2, 0.25) is 17.6 Å². The highest BCUT2D eigenvalue weighted by Gasteiger charge is 2.34. The molecule has 31 heavy (non-hydrogen) atoms. The lowest BCUT2D eigenvalue weighted by molar-refractivity contribution is -0.120. The van der Waals surface area contributed by atoms with Gasteiger partial charge in [-0.2, -0.15) is 9.29 Å². The molecule has 3 heterocycles. The normalized spacial score (nSPS) is 17.6. The van der Waals surface area contributed by atoms with Crippen LogP contribution in [-0.2, 0) is 14.8 Å². The number of carbonyl (C=O) groups excluding carboxylic acids is 1. The summed E-state index contributed by atoms with van der Waals surface area (Å²) in [5.74, 6) is 0.106. The quantitative estimate of drug-likeness (QED) is 0.589. The predicted octanol–water partition coefficient (Wildman–Crippen LogP) is 4.11. The smallest absolute Gasteiger partial charge is 0.252 e. The number of aryl methyl sites for hydroxylation is 1. The summed E-state index contributed by atoms with van der Waals surface area (Å²) in [4.78, 5) is 17.0. The molecule has 0 unspecified atom stereocenters. The van der Waals surface area contributed by atoms with Crippen LogP contribution in [0.4, 0.5) is 5.69 Å². The second kappa shape index (κ2) is 8.70. The Kier molecular flexibility index (Phi) is 6.16. The minimum Gasteiger partial charge on any atom is -0.339 e. The molecular formula is C20H21ClN4O4S2. The molecule has 4 rings (SSSR count). The molecule has 11 heteroatoms. The number of anilines is 1. The van der Waals surface area contributed by atoms with Gasteiger partial charge in [-0.05, 0) is 43.5 Å². The van der Waals surface area contributed by atoms with Crippen molar-refractivity contribution in [1.82, 2.24) is 14.4 Å². The molecule has 1 N–H and O–H groups in total. The maximum Gasteiger partial charge on any atom is 0.252 e. The van der Waals surface area contributed by atoms with Crippen LogP contribution in [0.15, 0.2) is 38.4 Å². The molecule has 0 spiro atoms. The Hall–Kier alpha value is -2.27. The number of piperidine rings is 1. The van der Waals surface area contributed by atoms with E-state index in [2.05, 4.69) is 15.5 Å². The van der Waals surface area contributed by atoms with Crippen LogP contribution in [0.2, 0.25) is 5.02 Å². The Morgan fingerprint density at radius 3 is 2.90 bits per heavy atom. The van der Waals surface area contributed by atoms with E-state index in [1.54, 1.807) is 36.6 Å². The molecule has 8 nitrogen and oxygen atoms in total. The maximum atomic E-state index is 13.2. The summed E-state index contributed by atoms with van der Waals surface area (Å²) >= 11 is 7.23. The van der Waals surface area contributed by atoms with E-state index >= 15 is 0 Å². The van der Waals surface area contributed by atoms with E-state index in [4.69, 9.17) is 16.1 Å². The van der Waals surface area contributed by atoms with Crippen LogP contribution in [0.3, 0.4) is 0 Å². The van der Waals surface area contributed by atoms with Crippen molar-refractivity contribution in [2.24, 2.45) is 5.92 Å². The number of amides is 1. The summed E-state index contributed by atoms with van der Waals surface area (Å²) in [6, 6.07) is 6.85. The third kappa shape index (κ3) is 4.52. The van der Waals surface area contributed by atoms with Gasteiger partial charge in [-0.1, -0.05) is 22.8 Å². The molecule has 1 aromatic carbocycles. The highest BCUT2D eigenvalue weighted by molar-refractivity contribution is 7.91. The summed E-state index contributed by atoms with van der Waals surface area (Å²) in [5.41, 5.74) is 2.00. The van der Waals surface area contributed by atoms with Gasteiger partial charge in [-0.3, -0.25) is 4.79 Å². The zero-order valence-electron chi connectivity index (χ0n) is 17.0. The molecule has 0 aliphatic carbocycles. The molecule has 0 radical (unpaired) electrons. The highest BCUT2D eigenvalue weighted by Crippen LogP contribution is 2.32. The molecule has 1 amide bonds. The number of benzene rings is 1. The third-order valence-corrected chi connectivity index (χ3v) is 8.93. The van der Waals surface area contributed by atoms with E-state index in [0.717, 1.165) is 16.9 Å². The van der Waals surface area contributed by atoms with E-state index in [1.807, 2.05) is 6.92 Å². The first-order valence-electron chi connectivity index (χ1n) is 9.71. The number of nitrogens with zero attached hydrogens (tertiary/aromatic N) is 3. The van der Waals surface area contributed by atoms with Gasteiger partial charge < -0.3 is 9.84 Å². The summed E-state index contributed by atoms with van der Waals surface area (Å²) in [6.07, 6.45) is 1.23. The minimum atomic E-state index is -3.73. The first-order valence-corrected chi connectivity index (χ1v) is 12.4. The minimum absolute atomic E-state index is 0.127. The molecular weight excluding hydrogens is 460 g/mol. The van der Waals surface area contributed by atoms with Crippen molar-refractivity contribution in [1.29, 1.82) is 0 Å². The van der Waals surface area contributed by atoms with E-state index in [1.165, 1.54) is 4.31 Å². The topological polar surface area (TPSA) is 105 Å². The molecule has 1 fully saturated rings. The Labute approximate surface area is 189 Å². The van der Waals surface area contributed by atoms with Crippen molar-refractivity contribution in [3.8, 4) is 11.4 Å². The van der Waals surface area contributed by atoms with Crippen LogP contribution in [-0.4, -0.2) is 41.9 Å². The fraction of sp³-hybridized carbons (Fsp3) is 0.350. The first-order chi connectivity index (χ1) is 14.8. The summed E-state index contributed by atoms with van der Waals surface area (Å²) < 4.78 is 32.9. The van der Waals surface area contributed by atoms with Gasteiger partial charge in [-0.25, -0.2) is 8.42 Å². The number of hydrogen-bond acceptors (Lipinski definition) is 7. The Balaban J connectivity index is 1.49. The molecule has 2 aromatic heterocycles. The molecule has 1 saturated heterocycles. The highest BCUT2D eigenvalue weighted by atomic mass is 35.5. The fourth-order valence-corrected chi connectivity index (χ4v) is 6.47. The molecule has 1 aliphatic heterocycles. The first kappa shape index (κ1) is 21.9. The van der Waals surface area contributed by atoms with Gasteiger partial charge in [0, 0.05) is 41.7 Å². The summed E-state index contributed by atoms with van der Waals surface area (Å²) in [7, 11) is -3.73. The average Bonchev–Trinajstić information content (AvgIpc) is 3.41. The number of hydrogen-bond donors (Lipinski definition) is 1. The predicted molar refractivity (Wildman–Crippen MR) is 119 cm³/mol. The zero-order chi connectivity index (χ0) is 22.2. The standard InChI is InChI=1S/C20H21ClN4O4S2/c1-12-16(21)6-3-7-17(12)23-20(26)14-5-4-8-25(10-14)31(27,28)18-9-15(11-30-18)19-22-13(2)29-24-19/h3,6-7,9,11,14H,4-5,8,10H2,1-2H3,(H,23,26)/t14-/m0/s1. The number of rotatable bonds is 5. The van der Waals surface area contributed by atoms with Gasteiger partial charge in [0.25, 0.3) is 10.0 Å². The summed E-state index contributed by atoms with van der Waals surface area (Å²) in [6.45, 7) is 4.00. The average molecular weight is 481 g/mol.